The molecule has 0 aliphatic carbocycles. The number of hydrogen-bond donors (Lipinski definition) is 1. The first-order chi connectivity index (χ1) is 9.53. The first-order valence-electron chi connectivity index (χ1n) is 6.63. The number of sulfonamides is 1. The number of nitrogens with zero attached hydrogens (tertiary/aromatic N) is 1. The van der Waals surface area contributed by atoms with Gasteiger partial charge in [0.15, 0.2) is 9.84 Å². The number of hydrogen-bond acceptors (Lipinski definition) is 5. The van der Waals surface area contributed by atoms with Crippen LogP contribution in [-0.4, -0.2) is 40.5 Å². The molecule has 6 nitrogen and oxygen atoms in total. The average Bonchev–Trinajstić information content (AvgIpc) is 2.69. The topological polar surface area (TPSA) is 97.5 Å². The van der Waals surface area contributed by atoms with Gasteiger partial charge in [0, 0.05) is 19.3 Å². The lowest BCUT2D eigenvalue weighted by molar-refractivity contribution is 0.463. The Bertz CT molecular complexity index is 746. The fourth-order valence-electron chi connectivity index (χ4n) is 2.38. The highest BCUT2D eigenvalue weighted by molar-refractivity contribution is 7.91. The van der Waals surface area contributed by atoms with Crippen molar-refractivity contribution in [2.75, 3.05) is 25.1 Å². The second-order valence-corrected chi connectivity index (χ2v) is 9.67. The van der Waals surface area contributed by atoms with Gasteiger partial charge in [-0.05, 0) is 30.0 Å². The molecule has 2 unspecified atom stereocenters. The van der Waals surface area contributed by atoms with Crippen LogP contribution in [0, 0.1) is 11.8 Å². The van der Waals surface area contributed by atoms with Crippen LogP contribution in [-0.2, 0) is 19.9 Å². The molecular formula is C13H20N2O4S2. The molecule has 1 aromatic rings. The molecule has 1 fully saturated rings. The lowest BCUT2D eigenvalue weighted by Gasteiger charge is -2.18. The highest BCUT2D eigenvalue weighted by Crippen LogP contribution is 2.31. The minimum atomic E-state index is -3.77. The van der Waals surface area contributed by atoms with Gasteiger partial charge in [-0.2, -0.15) is 4.31 Å². The van der Waals surface area contributed by atoms with E-state index < -0.39 is 19.9 Å². The minimum absolute atomic E-state index is 0.0458. The van der Waals surface area contributed by atoms with Crippen LogP contribution >= 0.6 is 0 Å². The molecule has 0 amide bonds. The zero-order chi connectivity index (χ0) is 16.0. The molecule has 8 heteroatoms. The van der Waals surface area contributed by atoms with E-state index in [-0.39, 0.29) is 27.3 Å². The van der Waals surface area contributed by atoms with Crippen molar-refractivity contribution in [3.05, 3.63) is 18.2 Å². The number of nitrogens with two attached hydrogens (primary N) is 1. The molecule has 2 rings (SSSR count). The fraction of sp³-hybridized carbons (Fsp3) is 0.538. The lowest BCUT2D eigenvalue weighted by Crippen LogP contribution is -2.29. The smallest absolute Gasteiger partial charge is 0.245 e. The van der Waals surface area contributed by atoms with E-state index in [1.165, 1.54) is 16.4 Å². The van der Waals surface area contributed by atoms with Crippen LogP contribution in [0.15, 0.2) is 28.0 Å². The Balaban J connectivity index is 2.50. The molecule has 0 radical (unpaired) electrons. The highest BCUT2D eigenvalue weighted by Gasteiger charge is 2.36. The van der Waals surface area contributed by atoms with E-state index in [1.54, 1.807) is 0 Å². The third-order valence-corrected chi connectivity index (χ3v) is 6.98. The summed E-state index contributed by atoms with van der Waals surface area (Å²) in [5.41, 5.74) is 5.82. The second kappa shape index (κ2) is 5.26. The van der Waals surface area contributed by atoms with Crippen molar-refractivity contribution in [3.63, 3.8) is 0 Å². The number of anilines is 1. The number of rotatable bonds is 3. The molecule has 0 aromatic heterocycles. The van der Waals surface area contributed by atoms with Crippen LogP contribution in [0.5, 0.6) is 0 Å². The number of benzene rings is 1. The molecule has 1 saturated heterocycles. The summed E-state index contributed by atoms with van der Waals surface area (Å²) in [6.07, 6.45) is 1.04. The maximum Gasteiger partial charge on any atom is 0.245 e. The highest BCUT2D eigenvalue weighted by atomic mass is 32.2. The van der Waals surface area contributed by atoms with Gasteiger partial charge < -0.3 is 5.73 Å². The lowest BCUT2D eigenvalue weighted by atomic mass is 10.0. The summed E-state index contributed by atoms with van der Waals surface area (Å²) >= 11 is 0. The molecule has 1 heterocycles. The van der Waals surface area contributed by atoms with Gasteiger partial charge in [0.1, 0.15) is 4.90 Å². The van der Waals surface area contributed by atoms with E-state index in [4.69, 9.17) is 5.73 Å². The monoisotopic (exact) mass is 332 g/mol. The van der Waals surface area contributed by atoms with Crippen molar-refractivity contribution in [1.29, 1.82) is 0 Å². The molecule has 0 saturated carbocycles. The Morgan fingerprint density at radius 2 is 1.62 bits per heavy atom. The van der Waals surface area contributed by atoms with Crippen molar-refractivity contribution in [2.45, 2.75) is 23.6 Å². The van der Waals surface area contributed by atoms with Gasteiger partial charge in [0.25, 0.3) is 0 Å². The van der Waals surface area contributed by atoms with E-state index >= 15 is 0 Å². The van der Waals surface area contributed by atoms with Crippen molar-refractivity contribution in [2.24, 2.45) is 11.8 Å². The molecule has 1 aliphatic heterocycles. The van der Waals surface area contributed by atoms with Gasteiger partial charge in [-0.15, -0.1) is 0 Å². The van der Waals surface area contributed by atoms with E-state index in [2.05, 4.69) is 0 Å². The van der Waals surface area contributed by atoms with Gasteiger partial charge in [0.2, 0.25) is 10.0 Å². The van der Waals surface area contributed by atoms with Crippen molar-refractivity contribution < 1.29 is 16.8 Å². The van der Waals surface area contributed by atoms with E-state index in [0.717, 1.165) is 12.3 Å². The third-order valence-electron chi connectivity index (χ3n) is 3.99. The average molecular weight is 332 g/mol. The predicted molar refractivity (Wildman–Crippen MR) is 81.1 cm³/mol. The Morgan fingerprint density at radius 3 is 2.10 bits per heavy atom. The van der Waals surface area contributed by atoms with Gasteiger partial charge in [0.05, 0.1) is 10.6 Å². The van der Waals surface area contributed by atoms with E-state index in [0.29, 0.717) is 13.1 Å². The SMILES string of the molecule is CC1CN(S(=O)(=O)c2cc(S(C)(=O)=O)ccc2N)CC1C. The molecule has 118 valence electrons. The summed E-state index contributed by atoms with van der Waals surface area (Å²) in [5, 5.41) is 0. The van der Waals surface area contributed by atoms with Crippen LogP contribution in [0.1, 0.15) is 13.8 Å². The molecule has 0 spiro atoms. The summed E-state index contributed by atoms with van der Waals surface area (Å²) in [4.78, 5) is -0.178. The standard InChI is InChI=1S/C13H20N2O4S2/c1-9-7-15(8-10(9)2)21(18,19)13-6-11(20(3,16)17)4-5-12(13)14/h4-6,9-10H,7-8,14H2,1-3H3. The largest absolute Gasteiger partial charge is 0.398 e. The van der Waals surface area contributed by atoms with Gasteiger partial charge >= 0.3 is 0 Å². The number of sulfone groups is 1. The molecule has 1 aromatic carbocycles. The van der Waals surface area contributed by atoms with Crippen molar-refractivity contribution in [1.82, 2.24) is 4.31 Å². The number of nitrogen functional groups attached to an aromatic ring is 1. The molecule has 2 atom stereocenters. The maximum atomic E-state index is 12.7. The molecule has 1 aliphatic rings. The first kappa shape index (κ1) is 16.3. The second-order valence-electron chi connectivity index (χ2n) is 5.75. The molecule has 2 N–H and O–H groups in total. The Kier molecular flexibility index (Phi) is 4.07. The van der Waals surface area contributed by atoms with Gasteiger partial charge in [-0.1, -0.05) is 13.8 Å². The van der Waals surface area contributed by atoms with Gasteiger partial charge in [-0.3, -0.25) is 0 Å². The summed E-state index contributed by atoms with van der Waals surface area (Å²) in [5.74, 6) is 0.526. The van der Waals surface area contributed by atoms with Crippen LogP contribution in [0.2, 0.25) is 0 Å². The van der Waals surface area contributed by atoms with Crippen molar-refractivity contribution >= 4 is 25.5 Å². The van der Waals surface area contributed by atoms with Crippen LogP contribution in [0.4, 0.5) is 5.69 Å². The van der Waals surface area contributed by atoms with Crippen LogP contribution in [0.3, 0.4) is 0 Å². The van der Waals surface area contributed by atoms with Gasteiger partial charge in [-0.25, -0.2) is 16.8 Å². The zero-order valence-corrected chi connectivity index (χ0v) is 13.9. The predicted octanol–water partition coefficient (Wildman–Crippen LogP) is 0.949. The molecular weight excluding hydrogens is 312 g/mol. The molecule has 21 heavy (non-hydrogen) atoms. The Hall–Kier alpha value is -1.12. The third kappa shape index (κ3) is 3.07. The van der Waals surface area contributed by atoms with Crippen molar-refractivity contribution in [3.8, 4) is 0 Å². The maximum absolute atomic E-state index is 12.7. The Labute approximate surface area is 125 Å². The molecule has 0 bridgehead atoms. The first-order valence-corrected chi connectivity index (χ1v) is 9.96. The fourth-order valence-corrected chi connectivity index (χ4v) is 4.89. The minimum Gasteiger partial charge on any atom is -0.398 e. The summed E-state index contributed by atoms with van der Waals surface area (Å²) < 4.78 is 49.9. The van der Waals surface area contributed by atoms with Crippen LogP contribution < -0.4 is 5.73 Å². The zero-order valence-electron chi connectivity index (χ0n) is 12.3. The van der Waals surface area contributed by atoms with E-state index in [9.17, 15) is 16.8 Å². The summed E-state index contributed by atoms with van der Waals surface area (Å²) in [6, 6.07) is 3.79. The van der Waals surface area contributed by atoms with Crippen LogP contribution in [0.25, 0.3) is 0 Å². The Morgan fingerprint density at radius 1 is 1.10 bits per heavy atom. The summed E-state index contributed by atoms with van der Waals surface area (Å²) in [6.45, 7) is 4.84. The quantitative estimate of drug-likeness (QED) is 0.831. The normalized spacial score (nSPS) is 24.3. The van der Waals surface area contributed by atoms with E-state index in [1.807, 2.05) is 13.8 Å². The summed E-state index contributed by atoms with van der Waals surface area (Å²) in [7, 11) is -7.26.